The van der Waals surface area contributed by atoms with Crippen LogP contribution in [-0.4, -0.2) is 40.0 Å². The van der Waals surface area contributed by atoms with Gasteiger partial charge in [0, 0.05) is 13.1 Å². The first-order valence-electron chi connectivity index (χ1n) is 7.38. The maximum atomic E-state index is 12.6. The van der Waals surface area contributed by atoms with Gasteiger partial charge in [-0.1, -0.05) is 6.42 Å². The van der Waals surface area contributed by atoms with Gasteiger partial charge in [-0.25, -0.2) is 4.98 Å². The summed E-state index contributed by atoms with van der Waals surface area (Å²) in [5, 5.41) is 18.5. The molecule has 0 radical (unpaired) electrons. The van der Waals surface area contributed by atoms with E-state index < -0.39 is 11.4 Å². The second kappa shape index (κ2) is 5.09. The number of aryl methyl sites for hydroxylation is 1. The summed E-state index contributed by atoms with van der Waals surface area (Å²) in [6.45, 7) is 2.42. The summed E-state index contributed by atoms with van der Waals surface area (Å²) in [7, 11) is 0. The third-order valence-corrected chi connectivity index (χ3v) is 5.01. The molecule has 3 rings (SSSR count). The fourth-order valence-electron chi connectivity index (χ4n) is 3.75. The highest BCUT2D eigenvalue weighted by Gasteiger charge is 2.55. The number of fused-ring (bicyclic) bond motifs is 1. The van der Waals surface area contributed by atoms with Crippen LogP contribution in [0.15, 0.2) is 12.1 Å². The smallest absolute Gasteiger partial charge is 0.311 e. The highest BCUT2D eigenvalue weighted by Crippen LogP contribution is 2.49. The predicted molar refractivity (Wildman–Crippen MR) is 77.0 cm³/mol. The van der Waals surface area contributed by atoms with Crippen molar-refractivity contribution in [3.8, 4) is 6.07 Å². The Bertz CT molecular complexity index is 694. The fourth-order valence-corrected chi connectivity index (χ4v) is 3.75. The summed E-state index contributed by atoms with van der Waals surface area (Å²) < 4.78 is 0. The molecule has 6 nitrogen and oxygen atoms in total. The Morgan fingerprint density at radius 2 is 2.27 bits per heavy atom. The van der Waals surface area contributed by atoms with Crippen LogP contribution in [0.2, 0.25) is 0 Å². The topological polar surface area (TPSA) is 94.3 Å². The van der Waals surface area contributed by atoms with Gasteiger partial charge in [0.2, 0.25) is 0 Å². The molecule has 1 aliphatic heterocycles. The Labute approximate surface area is 128 Å². The summed E-state index contributed by atoms with van der Waals surface area (Å²) in [6, 6.07) is 5.14. The average Bonchev–Trinajstić information content (AvgIpc) is 3.04. The van der Waals surface area contributed by atoms with Gasteiger partial charge in [-0.05, 0) is 37.8 Å². The number of hydrogen-bond acceptors (Lipinski definition) is 4. The van der Waals surface area contributed by atoms with E-state index in [0.717, 1.165) is 12.8 Å². The van der Waals surface area contributed by atoms with E-state index in [1.54, 1.807) is 17.9 Å². The molecular weight excluding hydrogens is 282 g/mol. The highest BCUT2D eigenvalue weighted by atomic mass is 16.4. The van der Waals surface area contributed by atoms with Crippen LogP contribution in [0.3, 0.4) is 0 Å². The van der Waals surface area contributed by atoms with Crippen molar-refractivity contribution in [1.29, 1.82) is 5.26 Å². The summed E-state index contributed by atoms with van der Waals surface area (Å²) in [5.74, 6) is -1.01. The van der Waals surface area contributed by atoms with Gasteiger partial charge in [-0.2, -0.15) is 5.26 Å². The molecule has 1 aromatic rings. The molecule has 0 spiro atoms. The lowest BCUT2D eigenvalue weighted by atomic mass is 9.81. The number of carboxylic acids is 1. The Hall–Kier alpha value is -2.42. The monoisotopic (exact) mass is 299 g/mol. The average molecular weight is 299 g/mol. The summed E-state index contributed by atoms with van der Waals surface area (Å²) in [5.41, 5.74) is 0.451. The number of aromatic nitrogens is 1. The van der Waals surface area contributed by atoms with Crippen LogP contribution in [0.1, 0.15) is 41.0 Å². The van der Waals surface area contributed by atoms with Gasteiger partial charge in [0.25, 0.3) is 5.91 Å². The van der Waals surface area contributed by atoms with Gasteiger partial charge in [0.05, 0.1) is 16.7 Å². The van der Waals surface area contributed by atoms with Gasteiger partial charge in [0.1, 0.15) is 11.8 Å². The largest absolute Gasteiger partial charge is 0.481 e. The number of carbonyl (C=O) groups is 2. The third-order valence-electron chi connectivity index (χ3n) is 5.01. The minimum absolute atomic E-state index is 0.0356. The standard InChI is InChI=1S/C16H17N3O3/c1-10-11(7-17)4-5-13(18-10)14(20)19-8-12-3-2-6-16(12,9-19)15(21)22/h4-5,12H,2-3,6,8-9H2,1H3,(H,21,22)/t12-,16+/m0/s1. The molecule has 1 saturated heterocycles. The van der Waals surface area contributed by atoms with Crippen molar-refractivity contribution in [2.24, 2.45) is 11.3 Å². The number of hydrogen-bond donors (Lipinski definition) is 1. The van der Waals surface area contributed by atoms with Crippen molar-refractivity contribution in [2.75, 3.05) is 13.1 Å². The Morgan fingerprint density at radius 1 is 1.50 bits per heavy atom. The molecule has 2 atom stereocenters. The maximum absolute atomic E-state index is 12.6. The fraction of sp³-hybridized carbons (Fsp3) is 0.500. The number of likely N-dealkylation sites (tertiary alicyclic amines) is 1. The summed E-state index contributed by atoms with van der Waals surface area (Å²) in [6.07, 6.45) is 2.40. The van der Waals surface area contributed by atoms with Crippen LogP contribution in [0.25, 0.3) is 0 Å². The zero-order valence-corrected chi connectivity index (χ0v) is 12.4. The minimum Gasteiger partial charge on any atom is -0.481 e. The number of nitriles is 1. The van der Waals surface area contributed by atoms with Gasteiger partial charge in [-0.3, -0.25) is 9.59 Å². The van der Waals surface area contributed by atoms with Crippen molar-refractivity contribution in [3.63, 3.8) is 0 Å². The number of carbonyl (C=O) groups excluding carboxylic acids is 1. The van der Waals surface area contributed by atoms with Crippen molar-refractivity contribution in [1.82, 2.24) is 9.88 Å². The lowest BCUT2D eigenvalue weighted by Crippen LogP contribution is -2.37. The van der Waals surface area contributed by atoms with Gasteiger partial charge in [0.15, 0.2) is 0 Å². The van der Waals surface area contributed by atoms with Gasteiger partial charge in [-0.15, -0.1) is 0 Å². The van der Waals surface area contributed by atoms with E-state index in [4.69, 9.17) is 5.26 Å². The van der Waals surface area contributed by atoms with E-state index in [-0.39, 0.29) is 24.1 Å². The third kappa shape index (κ3) is 2.05. The highest BCUT2D eigenvalue weighted by molar-refractivity contribution is 5.93. The number of nitrogens with zero attached hydrogens (tertiary/aromatic N) is 3. The molecule has 1 aliphatic carbocycles. The van der Waals surface area contributed by atoms with Crippen LogP contribution >= 0.6 is 0 Å². The van der Waals surface area contributed by atoms with E-state index >= 15 is 0 Å². The Kier molecular flexibility index (Phi) is 3.36. The second-order valence-corrected chi connectivity index (χ2v) is 6.18. The molecule has 2 aliphatic rings. The summed E-state index contributed by atoms with van der Waals surface area (Å²) in [4.78, 5) is 30.0. The molecule has 1 aromatic heterocycles. The van der Waals surface area contributed by atoms with Crippen LogP contribution in [0.5, 0.6) is 0 Å². The Balaban J connectivity index is 1.84. The first-order chi connectivity index (χ1) is 10.5. The van der Waals surface area contributed by atoms with E-state index in [9.17, 15) is 14.7 Å². The number of rotatable bonds is 2. The molecule has 114 valence electrons. The lowest BCUT2D eigenvalue weighted by Gasteiger charge is -2.23. The molecule has 22 heavy (non-hydrogen) atoms. The molecule has 1 saturated carbocycles. The van der Waals surface area contributed by atoms with Crippen molar-refractivity contribution in [3.05, 3.63) is 29.1 Å². The van der Waals surface area contributed by atoms with Crippen molar-refractivity contribution < 1.29 is 14.7 Å². The van der Waals surface area contributed by atoms with E-state index in [0.29, 0.717) is 24.2 Å². The van der Waals surface area contributed by atoms with Crippen LogP contribution in [0, 0.1) is 29.6 Å². The number of pyridine rings is 1. The van der Waals surface area contributed by atoms with Crippen LogP contribution in [0.4, 0.5) is 0 Å². The second-order valence-electron chi connectivity index (χ2n) is 6.18. The van der Waals surface area contributed by atoms with Crippen LogP contribution < -0.4 is 0 Å². The molecular formula is C16H17N3O3. The maximum Gasteiger partial charge on any atom is 0.311 e. The van der Waals surface area contributed by atoms with Crippen LogP contribution in [-0.2, 0) is 4.79 Å². The quantitative estimate of drug-likeness (QED) is 0.894. The normalized spacial score (nSPS) is 26.5. The van der Waals surface area contributed by atoms with Gasteiger partial charge < -0.3 is 10.0 Å². The summed E-state index contributed by atoms with van der Waals surface area (Å²) >= 11 is 0. The zero-order chi connectivity index (χ0) is 15.9. The molecule has 1 N–H and O–H groups in total. The molecule has 0 bridgehead atoms. The molecule has 0 unspecified atom stereocenters. The van der Waals surface area contributed by atoms with Crippen molar-refractivity contribution >= 4 is 11.9 Å². The zero-order valence-electron chi connectivity index (χ0n) is 12.4. The number of aliphatic carboxylic acids is 1. The lowest BCUT2D eigenvalue weighted by molar-refractivity contribution is -0.149. The van der Waals surface area contributed by atoms with Crippen molar-refractivity contribution in [2.45, 2.75) is 26.2 Å². The minimum atomic E-state index is -0.797. The van der Waals surface area contributed by atoms with E-state index in [1.807, 2.05) is 6.07 Å². The Morgan fingerprint density at radius 3 is 2.86 bits per heavy atom. The molecule has 2 heterocycles. The first kappa shape index (κ1) is 14.5. The molecule has 0 aromatic carbocycles. The predicted octanol–water partition coefficient (Wildman–Crippen LogP) is 1.59. The first-order valence-corrected chi connectivity index (χ1v) is 7.38. The van der Waals surface area contributed by atoms with E-state index in [2.05, 4.69) is 4.98 Å². The molecule has 6 heteroatoms. The van der Waals surface area contributed by atoms with Gasteiger partial charge >= 0.3 is 5.97 Å². The SMILES string of the molecule is Cc1nc(C(=O)N2C[C@@H]3CCC[C@@]3(C(=O)O)C2)ccc1C#N. The number of amides is 1. The molecule has 2 fully saturated rings. The van der Waals surface area contributed by atoms with E-state index in [1.165, 1.54) is 6.07 Å². The molecule has 1 amide bonds. The number of carboxylic acid groups (broad SMARTS) is 1.